The normalized spacial score (nSPS) is 11.4. The van der Waals surface area contributed by atoms with Crippen LogP contribution in [0.15, 0.2) is 82.5 Å². The quantitative estimate of drug-likeness (QED) is 0.426. The molecule has 0 fully saturated rings. The second kappa shape index (κ2) is 6.75. The van der Waals surface area contributed by atoms with Crippen molar-refractivity contribution in [2.75, 3.05) is 0 Å². The van der Waals surface area contributed by atoms with Crippen LogP contribution in [0.3, 0.4) is 0 Å². The Morgan fingerprint density at radius 1 is 0.800 bits per heavy atom. The van der Waals surface area contributed by atoms with Crippen molar-refractivity contribution in [1.29, 1.82) is 0 Å². The van der Waals surface area contributed by atoms with E-state index in [-0.39, 0.29) is 11.2 Å². The Kier molecular flexibility index (Phi) is 4.15. The maximum atomic E-state index is 13.2. The summed E-state index contributed by atoms with van der Waals surface area (Å²) in [5.74, 6) is 0. The van der Waals surface area contributed by atoms with Crippen molar-refractivity contribution in [2.24, 2.45) is 14.1 Å². The topological polar surface area (TPSA) is 48.9 Å². The Bertz CT molecular complexity index is 1550. The Hall–Kier alpha value is -3.57. The Labute approximate surface area is 177 Å². The third kappa shape index (κ3) is 2.63. The monoisotopic (exact) mass is 415 g/mol. The van der Waals surface area contributed by atoms with Gasteiger partial charge in [0.05, 0.1) is 22.3 Å². The molecule has 0 radical (unpaired) electrons. The number of aromatic nitrogens is 3. The first kappa shape index (κ1) is 18.5. The van der Waals surface area contributed by atoms with Crippen LogP contribution in [0.5, 0.6) is 0 Å². The van der Waals surface area contributed by atoms with E-state index in [4.69, 9.17) is 11.6 Å². The van der Waals surface area contributed by atoms with Crippen molar-refractivity contribution >= 4 is 33.3 Å². The minimum Gasteiger partial charge on any atom is -0.313 e. The maximum absolute atomic E-state index is 13.2. The number of benzene rings is 3. The summed E-state index contributed by atoms with van der Waals surface area (Å²) in [6.45, 7) is 0. The minimum atomic E-state index is -0.356. The smallest absolute Gasteiger partial charge is 0.313 e. The molecule has 2 heterocycles. The van der Waals surface area contributed by atoms with Crippen molar-refractivity contribution in [2.45, 2.75) is 0 Å². The van der Waals surface area contributed by atoms with Gasteiger partial charge in [-0.15, -0.1) is 0 Å². The molecule has 0 aliphatic rings. The average Bonchev–Trinajstić information content (AvgIpc) is 3.17. The van der Waals surface area contributed by atoms with Gasteiger partial charge in [0.2, 0.25) is 0 Å². The highest BCUT2D eigenvalue weighted by molar-refractivity contribution is 6.30. The molecule has 148 valence electrons. The molecule has 0 saturated carbocycles. The molecule has 5 rings (SSSR count). The summed E-state index contributed by atoms with van der Waals surface area (Å²) in [6.07, 6.45) is 1.86. The predicted molar refractivity (Wildman–Crippen MR) is 122 cm³/mol. The van der Waals surface area contributed by atoms with Crippen molar-refractivity contribution in [3.8, 4) is 16.9 Å². The number of rotatable bonds is 2. The molecule has 30 heavy (non-hydrogen) atoms. The lowest BCUT2D eigenvalue weighted by molar-refractivity contribution is 0.714. The summed E-state index contributed by atoms with van der Waals surface area (Å²) in [4.78, 5) is 25.7. The molecule has 0 aliphatic heterocycles. The first-order chi connectivity index (χ1) is 14.5. The lowest BCUT2D eigenvalue weighted by atomic mass is 10.1. The van der Waals surface area contributed by atoms with Crippen LogP contribution >= 0.6 is 11.6 Å². The summed E-state index contributed by atoms with van der Waals surface area (Å²) in [6, 6.07) is 21.5. The van der Waals surface area contributed by atoms with E-state index in [1.54, 1.807) is 19.2 Å². The van der Waals surface area contributed by atoms with E-state index < -0.39 is 0 Å². The summed E-state index contributed by atoms with van der Waals surface area (Å²) in [5, 5.41) is 3.26. The maximum Gasteiger partial charge on any atom is 0.330 e. The zero-order valence-corrected chi connectivity index (χ0v) is 17.2. The Morgan fingerprint density at radius 3 is 2.27 bits per heavy atom. The largest absolute Gasteiger partial charge is 0.330 e. The van der Waals surface area contributed by atoms with Gasteiger partial charge in [-0.2, -0.15) is 0 Å². The van der Waals surface area contributed by atoms with Gasteiger partial charge in [0.15, 0.2) is 0 Å². The van der Waals surface area contributed by atoms with Crippen LogP contribution in [0, 0.1) is 0 Å². The molecule has 0 spiro atoms. The summed E-state index contributed by atoms with van der Waals surface area (Å²) >= 11 is 6.11. The molecule has 0 bridgehead atoms. The first-order valence-electron chi connectivity index (χ1n) is 9.52. The van der Waals surface area contributed by atoms with E-state index in [0.29, 0.717) is 15.9 Å². The number of hydrogen-bond acceptors (Lipinski definition) is 2. The second-order valence-electron chi connectivity index (χ2n) is 7.32. The third-order valence-corrected chi connectivity index (χ3v) is 5.83. The van der Waals surface area contributed by atoms with Gasteiger partial charge in [0.1, 0.15) is 0 Å². The lowest BCUT2D eigenvalue weighted by Gasteiger charge is -2.13. The molecule has 3 aromatic carbocycles. The van der Waals surface area contributed by atoms with Crippen LogP contribution in [0.4, 0.5) is 0 Å². The van der Waals surface area contributed by atoms with Crippen LogP contribution in [0.25, 0.3) is 38.6 Å². The summed E-state index contributed by atoms with van der Waals surface area (Å²) < 4.78 is 4.66. The molecule has 0 amide bonds. The van der Waals surface area contributed by atoms with Gasteiger partial charge in [-0.1, -0.05) is 60.1 Å². The minimum absolute atomic E-state index is 0.322. The fourth-order valence-corrected chi connectivity index (χ4v) is 4.17. The highest BCUT2D eigenvalue weighted by atomic mass is 35.5. The van der Waals surface area contributed by atoms with Crippen LogP contribution in [-0.4, -0.2) is 13.7 Å². The van der Waals surface area contributed by atoms with Gasteiger partial charge in [0.25, 0.3) is 5.56 Å². The molecule has 6 heteroatoms. The Balaban J connectivity index is 2.00. The van der Waals surface area contributed by atoms with E-state index in [2.05, 4.69) is 18.2 Å². The van der Waals surface area contributed by atoms with Gasteiger partial charge in [-0.05, 0) is 29.1 Å². The highest BCUT2D eigenvalue weighted by Crippen LogP contribution is 2.34. The number of nitrogens with zero attached hydrogens (tertiary/aromatic N) is 3. The first-order valence-corrected chi connectivity index (χ1v) is 9.90. The number of aryl methyl sites for hydroxylation is 1. The standard InChI is InChI=1S/C24H18ClN3O2/c1-26-20-14-28(19-9-5-7-15-6-3-4-8-18(15)19)22(16-10-12-17(25)13-11-16)21(20)23(29)27(2)24(26)30/h3-14H,1-2H3. The van der Waals surface area contributed by atoms with E-state index in [9.17, 15) is 9.59 Å². The van der Waals surface area contributed by atoms with Crippen molar-refractivity contribution in [3.63, 3.8) is 0 Å². The second-order valence-corrected chi connectivity index (χ2v) is 7.76. The van der Waals surface area contributed by atoms with Gasteiger partial charge < -0.3 is 4.57 Å². The number of hydrogen-bond donors (Lipinski definition) is 0. The molecule has 5 nitrogen and oxygen atoms in total. The van der Waals surface area contributed by atoms with Gasteiger partial charge in [0, 0.05) is 30.7 Å². The van der Waals surface area contributed by atoms with Crippen molar-refractivity contribution < 1.29 is 0 Å². The van der Waals surface area contributed by atoms with Crippen LogP contribution < -0.4 is 11.2 Å². The zero-order valence-electron chi connectivity index (χ0n) is 16.5. The molecule has 0 saturated heterocycles. The van der Waals surface area contributed by atoms with Crippen LogP contribution in [0.2, 0.25) is 5.02 Å². The predicted octanol–water partition coefficient (Wildman–Crippen LogP) is 4.50. The van der Waals surface area contributed by atoms with Gasteiger partial charge >= 0.3 is 5.69 Å². The lowest BCUT2D eigenvalue weighted by Crippen LogP contribution is -2.36. The zero-order chi connectivity index (χ0) is 21.0. The number of fused-ring (bicyclic) bond motifs is 2. The fraction of sp³-hybridized carbons (Fsp3) is 0.0833. The third-order valence-electron chi connectivity index (χ3n) is 5.58. The van der Waals surface area contributed by atoms with Crippen LogP contribution in [-0.2, 0) is 14.1 Å². The summed E-state index contributed by atoms with van der Waals surface area (Å²) in [5.41, 5.74) is 2.42. The molecule has 5 aromatic rings. The van der Waals surface area contributed by atoms with Gasteiger partial charge in [-0.25, -0.2) is 4.79 Å². The molecule has 0 unspecified atom stereocenters. The fourth-order valence-electron chi connectivity index (χ4n) is 4.04. The van der Waals surface area contributed by atoms with Crippen molar-refractivity contribution in [3.05, 3.63) is 98.8 Å². The SMILES string of the molecule is Cn1c(=O)c2c(-c3ccc(Cl)cc3)n(-c3cccc4ccccc34)cc2n(C)c1=O. The van der Waals surface area contributed by atoms with E-state index in [1.807, 2.05) is 47.2 Å². The van der Waals surface area contributed by atoms with E-state index in [1.165, 1.54) is 11.6 Å². The molecule has 0 N–H and O–H groups in total. The van der Waals surface area contributed by atoms with Crippen LogP contribution in [0.1, 0.15) is 0 Å². The average molecular weight is 416 g/mol. The molecular formula is C24H18ClN3O2. The molecule has 0 atom stereocenters. The Morgan fingerprint density at radius 2 is 1.50 bits per heavy atom. The molecular weight excluding hydrogens is 398 g/mol. The highest BCUT2D eigenvalue weighted by Gasteiger charge is 2.21. The summed E-state index contributed by atoms with van der Waals surface area (Å²) in [7, 11) is 3.19. The van der Waals surface area contributed by atoms with E-state index >= 15 is 0 Å². The van der Waals surface area contributed by atoms with E-state index in [0.717, 1.165) is 32.3 Å². The van der Waals surface area contributed by atoms with Crippen molar-refractivity contribution in [1.82, 2.24) is 13.7 Å². The molecule has 0 aliphatic carbocycles. The molecule has 2 aromatic heterocycles. The van der Waals surface area contributed by atoms with Gasteiger partial charge in [-0.3, -0.25) is 13.9 Å². The number of halogens is 1.